The monoisotopic (exact) mass is 596 g/mol. The van der Waals surface area contributed by atoms with Gasteiger partial charge in [0.25, 0.3) is 0 Å². The van der Waals surface area contributed by atoms with Gasteiger partial charge in [0, 0.05) is 6.08 Å². The van der Waals surface area contributed by atoms with Crippen molar-refractivity contribution >= 4 is 12.0 Å². The number of phenols is 3. The van der Waals surface area contributed by atoms with E-state index in [2.05, 4.69) is 0 Å². The normalized spacial score (nSPS) is 33.4. The zero-order valence-electron chi connectivity index (χ0n) is 21.9. The molecule has 0 aliphatic carbocycles. The van der Waals surface area contributed by atoms with Crippen LogP contribution in [0.5, 0.6) is 23.0 Å². The highest BCUT2D eigenvalue weighted by atomic mass is 16.7. The third kappa shape index (κ3) is 7.46. The number of aromatic hydroxyl groups is 3. The first-order valence-electron chi connectivity index (χ1n) is 12.8. The van der Waals surface area contributed by atoms with Crippen LogP contribution in [0.2, 0.25) is 0 Å². The van der Waals surface area contributed by atoms with Gasteiger partial charge in [-0.05, 0) is 48.0 Å². The molecule has 0 aromatic heterocycles. The molecule has 0 saturated carbocycles. The van der Waals surface area contributed by atoms with Crippen LogP contribution < -0.4 is 4.74 Å². The van der Waals surface area contributed by atoms with Crippen LogP contribution in [0.4, 0.5) is 0 Å². The summed E-state index contributed by atoms with van der Waals surface area (Å²) in [6, 6.07) is 9.48. The Hall–Kier alpha value is -3.51. The molecule has 15 nitrogen and oxygen atoms in total. The first-order valence-corrected chi connectivity index (χ1v) is 12.8. The van der Waals surface area contributed by atoms with Crippen LogP contribution in [0.15, 0.2) is 48.5 Å². The molecule has 1 unspecified atom stereocenters. The molecule has 2 aromatic carbocycles. The molecule has 0 bridgehead atoms. The van der Waals surface area contributed by atoms with E-state index < -0.39 is 79.7 Å². The van der Waals surface area contributed by atoms with Crippen LogP contribution in [0.25, 0.3) is 6.08 Å². The van der Waals surface area contributed by atoms with Crippen LogP contribution in [-0.4, -0.2) is 127 Å². The van der Waals surface area contributed by atoms with E-state index in [1.54, 1.807) is 0 Å². The molecule has 4 rings (SSSR count). The fourth-order valence-electron chi connectivity index (χ4n) is 4.27. The van der Waals surface area contributed by atoms with E-state index in [-0.39, 0.29) is 18.1 Å². The molecule has 9 N–H and O–H groups in total. The molecule has 2 saturated heterocycles. The number of rotatable bonds is 9. The standard InChI is InChI=1S/C27H32O15/c28-13-3-5-14(6-4-13)38-10-18-20(32)22(34)24(36)27(41-18)42-25-23(35)21(33)17(40-26(25)37)11-39-19(31)8-2-12-1-7-15(29)16(30)9-12/h1-9,17-18,20-30,32-37H,10-11H2/b8-2+/t17-,18-,20-,21-,22+,23+,24-,25-,26?,27+/m1/s1. The van der Waals surface area contributed by atoms with E-state index >= 15 is 0 Å². The number of aliphatic hydroxyl groups is 6. The van der Waals surface area contributed by atoms with Crippen molar-refractivity contribution in [3.63, 3.8) is 0 Å². The smallest absolute Gasteiger partial charge is 0.330 e. The molecule has 2 aliphatic rings. The fraction of sp³-hybridized carbons (Fsp3) is 0.444. The number of hydrogen-bond acceptors (Lipinski definition) is 15. The molecular weight excluding hydrogens is 564 g/mol. The second-order valence-corrected chi connectivity index (χ2v) is 9.68. The minimum atomic E-state index is -1.91. The van der Waals surface area contributed by atoms with Crippen LogP contribution >= 0.6 is 0 Å². The van der Waals surface area contributed by atoms with Crippen LogP contribution in [0.1, 0.15) is 5.56 Å². The maximum atomic E-state index is 12.1. The van der Waals surface area contributed by atoms with Gasteiger partial charge >= 0.3 is 5.97 Å². The Morgan fingerprint density at radius 1 is 0.762 bits per heavy atom. The van der Waals surface area contributed by atoms with E-state index in [1.165, 1.54) is 48.5 Å². The third-order valence-corrected chi connectivity index (χ3v) is 6.67. The highest BCUT2D eigenvalue weighted by Crippen LogP contribution is 2.29. The number of ether oxygens (including phenoxy) is 5. The molecule has 2 fully saturated rings. The molecule has 2 aromatic rings. The zero-order valence-corrected chi connectivity index (χ0v) is 21.9. The minimum absolute atomic E-state index is 0.00191. The van der Waals surface area contributed by atoms with Gasteiger partial charge in [-0.2, -0.15) is 0 Å². The van der Waals surface area contributed by atoms with E-state index in [0.29, 0.717) is 11.3 Å². The van der Waals surface area contributed by atoms with Crippen molar-refractivity contribution in [3.05, 3.63) is 54.1 Å². The zero-order chi connectivity index (χ0) is 30.6. The molecule has 0 spiro atoms. The van der Waals surface area contributed by atoms with Crippen molar-refractivity contribution in [1.82, 2.24) is 0 Å². The van der Waals surface area contributed by atoms with Crippen LogP contribution in [-0.2, 0) is 23.7 Å². The average Bonchev–Trinajstić information content (AvgIpc) is 2.97. The highest BCUT2D eigenvalue weighted by Gasteiger charge is 2.50. The largest absolute Gasteiger partial charge is 0.508 e. The average molecular weight is 597 g/mol. The first-order chi connectivity index (χ1) is 19.9. The Bertz CT molecular complexity index is 1220. The lowest BCUT2D eigenvalue weighted by Crippen LogP contribution is -2.64. The Morgan fingerprint density at radius 2 is 1.43 bits per heavy atom. The molecule has 0 radical (unpaired) electrons. The van der Waals surface area contributed by atoms with Crippen molar-refractivity contribution in [2.24, 2.45) is 0 Å². The number of carbonyl (C=O) groups excluding carboxylic acids is 1. The quantitative estimate of drug-likeness (QED) is 0.0869. The molecule has 42 heavy (non-hydrogen) atoms. The maximum Gasteiger partial charge on any atom is 0.330 e. The number of aliphatic hydroxyl groups excluding tert-OH is 6. The van der Waals surface area contributed by atoms with Gasteiger partial charge in [-0.1, -0.05) is 6.07 Å². The highest BCUT2D eigenvalue weighted by molar-refractivity contribution is 5.87. The molecular formula is C27H32O15. The predicted molar refractivity (Wildman–Crippen MR) is 138 cm³/mol. The fourth-order valence-corrected chi connectivity index (χ4v) is 4.27. The summed E-state index contributed by atoms with van der Waals surface area (Å²) in [6.45, 7) is -0.906. The van der Waals surface area contributed by atoms with Gasteiger partial charge in [0.15, 0.2) is 24.1 Å². The minimum Gasteiger partial charge on any atom is -0.508 e. The van der Waals surface area contributed by atoms with Crippen molar-refractivity contribution < 1.29 is 74.4 Å². The first kappa shape index (κ1) is 31.4. The van der Waals surface area contributed by atoms with Crippen molar-refractivity contribution in [2.75, 3.05) is 13.2 Å². The Kier molecular flexibility index (Phi) is 10.2. The summed E-state index contributed by atoms with van der Waals surface area (Å²) in [5.41, 5.74) is 0.376. The number of benzene rings is 2. The molecule has 10 atom stereocenters. The maximum absolute atomic E-state index is 12.1. The van der Waals surface area contributed by atoms with Gasteiger partial charge in [-0.3, -0.25) is 0 Å². The summed E-state index contributed by atoms with van der Waals surface area (Å²) < 4.78 is 26.7. The van der Waals surface area contributed by atoms with Gasteiger partial charge < -0.3 is 69.6 Å². The van der Waals surface area contributed by atoms with Crippen molar-refractivity contribution in [2.45, 2.75) is 61.4 Å². The van der Waals surface area contributed by atoms with Crippen LogP contribution in [0, 0.1) is 0 Å². The lowest BCUT2D eigenvalue weighted by Gasteiger charge is -2.45. The molecule has 0 amide bonds. The number of esters is 1. The molecule has 2 aliphatic heterocycles. The molecule has 15 heteroatoms. The topological polar surface area (TPSA) is 245 Å². The third-order valence-electron chi connectivity index (χ3n) is 6.67. The number of carbonyl (C=O) groups is 1. The van der Waals surface area contributed by atoms with E-state index in [1.807, 2.05) is 0 Å². The van der Waals surface area contributed by atoms with Gasteiger partial charge in [0.05, 0.1) is 0 Å². The van der Waals surface area contributed by atoms with Crippen molar-refractivity contribution in [3.8, 4) is 23.0 Å². The van der Waals surface area contributed by atoms with Gasteiger partial charge in [0.1, 0.15) is 73.5 Å². The lowest BCUT2D eigenvalue weighted by molar-refractivity contribution is -0.361. The van der Waals surface area contributed by atoms with E-state index in [9.17, 15) is 50.8 Å². The summed E-state index contributed by atoms with van der Waals surface area (Å²) in [6.07, 6.45) is -14.4. The van der Waals surface area contributed by atoms with Gasteiger partial charge in [0.2, 0.25) is 0 Å². The van der Waals surface area contributed by atoms with E-state index in [0.717, 1.165) is 6.08 Å². The summed E-state index contributed by atoms with van der Waals surface area (Å²) in [5.74, 6) is -1.30. The Labute approximate surface area is 238 Å². The Balaban J connectivity index is 1.31. The van der Waals surface area contributed by atoms with Crippen molar-refractivity contribution in [1.29, 1.82) is 0 Å². The Morgan fingerprint density at radius 3 is 2.12 bits per heavy atom. The summed E-state index contributed by atoms with van der Waals surface area (Å²) >= 11 is 0. The van der Waals surface area contributed by atoms with Gasteiger partial charge in [-0.25, -0.2) is 4.79 Å². The van der Waals surface area contributed by atoms with Crippen LogP contribution in [0.3, 0.4) is 0 Å². The van der Waals surface area contributed by atoms with E-state index in [4.69, 9.17) is 23.7 Å². The molecule has 2 heterocycles. The predicted octanol–water partition coefficient (Wildman–Crippen LogP) is -1.93. The number of hydrogen-bond donors (Lipinski definition) is 9. The summed E-state index contributed by atoms with van der Waals surface area (Å²) in [5, 5.41) is 90.8. The lowest BCUT2D eigenvalue weighted by atomic mass is 9.97. The second kappa shape index (κ2) is 13.6. The summed E-state index contributed by atoms with van der Waals surface area (Å²) in [7, 11) is 0. The van der Waals surface area contributed by atoms with Gasteiger partial charge in [-0.15, -0.1) is 0 Å². The molecule has 230 valence electrons. The summed E-state index contributed by atoms with van der Waals surface area (Å²) in [4.78, 5) is 12.1. The second-order valence-electron chi connectivity index (χ2n) is 9.68. The number of phenolic OH excluding ortho intramolecular Hbond substituents is 3. The SMILES string of the molecule is O=C(/C=C/c1ccc(O)c(O)c1)OC[C@H]1OC(O)[C@H](O[C@@H]2O[C@H](COc3ccc(O)cc3)[C@@H](O)[C@H](O)[C@H]2O)[C@@H](O)[C@@H]1O.